The van der Waals surface area contributed by atoms with Crippen LogP contribution in [0.25, 0.3) is 0 Å². The summed E-state index contributed by atoms with van der Waals surface area (Å²) in [6, 6.07) is 11.6. The minimum absolute atomic E-state index is 0.229. The van der Waals surface area contributed by atoms with Crippen molar-refractivity contribution in [1.82, 2.24) is 4.98 Å². The van der Waals surface area contributed by atoms with Gasteiger partial charge >= 0.3 is 0 Å². The highest BCUT2D eigenvalue weighted by Crippen LogP contribution is 2.23. The van der Waals surface area contributed by atoms with E-state index in [2.05, 4.69) is 31.2 Å². The van der Waals surface area contributed by atoms with Crippen molar-refractivity contribution in [3.05, 3.63) is 58.3 Å². The minimum atomic E-state index is -0.229. The van der Waals surface area contributed by atoms with Crippen molar-refractivity contribution in [3.63, 3.8) is 0 Å². The Morgan fingerprint density at radius 1 is 1.33 bits per heavy atom. The molecule has 5 heteroatoms. The van der Waals surface area contributed by atoms with E-state index in [9.17, 15) is 4.79 Å². The number of carbonyl (C=O) groups excluding carboxylic acids is 1. The Balaban J connectivity index is 1.72. The Kier molecular flexibility index (Phi) is 4.10. The molecule has 1 heterocycles. The Bertz CT molecular complexity index is 695. The van der Waals surface area contributed by atoms with Crippen LogP contribution in [0.3, 0.4) is 0 Å². The van der Waals surface area contributed by atoms with Gasteiger partial charge in [0.1, 0.15) is 5.69 Å². The van der Waals surface area contributed by atoms with Gasteiger partial charge in [0.25, 0.3) is 5.91 Å². The summed E-state index contributed by atoms with van der Waals surface area (Å²) in [5.41, 5.74) is 2.10. The van der Waals surface area contributed by atoms with Gasteiger partial charge in [0.15, 0.2) is 0 Å². The summed E-state index contributed by atoms with van der Waals surface area (Å²) in [6.45, 7) is 0. The fourth-order valence-corrected chi connectivity index (χ4v) is 2.17. The van der Waals surface area contributed by atoms with Gasteiger partial charge in [-0.3, -0.25) is 14.8 Å². The summed E-state index contributed by atoms with van der Waals surface area (Å²) in [5, 5.41) is 2.85. The number of nitrogens with one attached hydrogen (secondary N) is 1. The molecule has 4 nitrogen and oxygen atoms in total. The maximum absolute atomic E-state index is 12.1. The number of nitrogens with zero attached hydrogens (tertiary/aromatic N) is 2. The van der Waals surface area contributed by atoms with Gasteiger partial charge in [-0.1, -0.05) is 28.1 Å². The Morgan fingerprint density at radius 3 is 2.95 bits per heavy atom. The molecule has 106 valence electrons. The second-order valence-corrected chi connectivity index (χ2v) is 5.86. The molecule has 1 saturated carbocycles. The molecule has 1 aliphatic rings. The van der Waals surface area contributed by atoms with Crippen molar-refractivity contribution in [2.24, 2.45) is 4.99 Å². The molecule has 3 rings (SSSR count). The minimum Gasteiger partial charge on any atom is -0.321 e. The van der Waals surface area contributed by atoms with Gasteiger partial charge in [-0.05, 0) is 42.7 Å². The van der Waals surface area contributed by atoms with Crippen molar-refractivity contribution in [2.75, 3.05) is 5.32 Å². The van der Waals surface area contributed by atoms with E-state index in [0.29, 0.717) is 11.7 Å². The highest BCUT2D eigenvalue weighted by molar-refractivity contribution is 9.10. The largest absolute Gasteiger partial charge is 0.321 e. The van der Waals surface area contributed by atoms with Crippen LogP contribution in [0.4, 0.5) is 5.69 Å². The molecule has 1 N–H and O–H groups in total. The van der Waals surface area contributed by atoms with E-state index in [0.717, 1.165) is 15.7 Å². The van der Waals surface area contributed by atoms with E-state index < -0.39 is 0 Å². The molecule has 0 atom stereocenters. The van der Waals surface area contributed by atoms with E-state index in [-0.39, 0.29) is 5.91 Å². The molecular weight excluding hydrogens is 330 g/mol. The molecule has 1 fully saturated rings. The Morgan fingerprint density at radius 2 is 2.19 bits per heavy atom. The van der Waals surface area contributed by atoms with Crippen molar-refractivity contribution < 1.29 is 4.79 Å². The van der Waals surface area contributed by atoms with Crippen LogP contribution in [0.2, 0.25) is 0 Å². The van der Waals surface area contributed by atoms with E-state index in [4.69, 9.17) is 0 Å². The Labute approximate surface area is 131 Å². The number of amides is 1. The summed E-state index contributed by atoms with van der Waals surface area (Å²) in [4.78, 5) is 20.6. The lowest BCUT2D eigenvalue weighted by Gasteiger charge is -2.05. The summed E-state index contributed by atoms with van der Waals surface area (Å²) < 4.78 is 0.827. The SMILES string of the molecule is O=C(Nc1cccc(/C=N/C2CC2)c1)c1cc(Br)ccn1. The number of rotatable bonds is 4. The topological polar surface area (TPSA) is 54.4 Å². The molecule has 1 aromatic heterocycles. The molecule has 1 aromatic carbocycles. The molecule has 0 aliphatic heterocycles. The number of carbonyl (C=O) groups is 1. The molecule has 1 amide bonds. The predicted molar refractivity (Wildman–Crippen MR) is 86.9 cm³/mol. The quantitative estimate of drug-likeness (QED) is 0.861. The lowest BCUT2D eigenvalue weighted by Crippen LogP contribution is -2.13. The lowest BCUT2D eigenvalue weighted by molar-refractivity contribution is 0.102. The first kappa shape index (κ1) is 13.9. The van der Waals surface area contributed by atoms with Crippen LogP contribution >= 0.6 is 15.9 Å². The summed E-state index contributed by atoms with van der Waals surface area (Å²) in [6.07, 6.45) is 5.82. The summed E-state index contributed by atoms with van der Waals surface area (Å²) in [7, 11) is 0. The number of benzene rings is 1. The molecule has 0 saturated heterocycles. The van der Waals surface area contributed by atoms with Crippen LogP contribution in [0.1, 0.15) is 28.9 Å². The molecular formula is C16H14BrN3O. The van der Waals surface area contributed by atoms with Gasteiger partial charge < -0.3 is 5.32 Å². The van der Waals surface area contributed by atoms with Gasteiger partial charge in [0.2, 0.25) is 0 Å². The second kappa shape index (κ2) is 6.18. The van der Waals surface area contributed by atoms with Crippen LogP contribution in [0.5, 0.6) is 0 Å². The third-order valence-electron chi connectivity index (χ3n) is 3.08. The Hall–Kier alpha value is -2.01. The first-order valence-electron chi connectivity index (χ1n) is 6.77. The average molecular weight is 344 g/mol. The number of aromatic nitrogens is 1. The molecule has 0 unspecified atom stereocenters. The molecule has 21 heavy (non-hydrogen) atoms. The van der Waals surface area contributed by atoms with Crippen LogP contribution < -0.4 is 5.32 Å². The molecule has 0 bridgehead atoms. The number of hydrogen-bond donors (Lipinski definition) is 1. The van der Waals surface area contributed by atoms with Crippen LogP contribution in [0.15, 0.2) is 52.1 Å². The van der Waals surface area contributed by atoms with Gasteiger partial charge in [0, 0.05) is 22.6 Å². The third kappa shape index (κ3) is 3.98. The van der Waals surface area contributed by atoms with Crippen LogP contribution in [0, 0.1) is 0 Å². The number of pyridine rings is 1. The van der Waals surface area contributed by atoms with Crippen molar-refractivity contribution in [1.29, 1.82) is 0 Å². The smallest absolute Gasteiger partial charge is 0.274 e. The fourth-order valence-electron chi connectivity index (χ4n) is 1.84. The first-order chi connectivity index (χ1) is 10.2. The van der Waals surface area contributed by atoms with Crippen molar-refractivity contribution in [2.45, 2.75) is 18.9 Å². The maximum atomic E-state index is 12.1. The number of aliphatic imine (C=N–C) groups is 1. The zero-order chi connectivity index (χ0) is 14.7. The fraction of sp³-hybridized carbons (Fsp3) is 0.188. The van der Waals surface area contributed by atoms with Gasteiger partial charge in [-0.2, -0.15) is 0 Å². The lowest BCUT2D eigenvalue weighted by atomic mass is 10.2. The highest BCUT2D eigenvalue weighted by Gasteiger charge is 2.18. The number of hydrogen-bond acceptors (Lipinski definition) is 3. The highest BCUT2D eigenvalue weighted by atomic mass is 79.9. The summed E-state index contributed by atoms with van der Waals surface area (Å²) >= 11 is 3.33. The summed E-state index contributed by atoms with van der Waals surface area (Å²) in [5.74, 6) is -0.229. The van der Waals surface area contributed by atoms with Gasteiger partial charge in [-0.15, -0.1) is 0 Å². The zero-order valence-corrected chi connectivity index (χ0v) is 12.9. The van der Waals surface area contributed by atoms with Gasteiger partial charge in [0.05, 0.1) is 6.04 Å². The molecule has 0 spiro atoms. The number of halogens is 1. The van der Waals surface area contributed by atoms with Crippen LogP contribution in [-0.2, 0) is 0 Å². The van der Waals surface area contributed by atoms with Crippen molar-refractivity contribution >= 4 is 33.7 Å². The van der Waals surface area contributed by atoms with E-state index in [1.807, 2.05) is 30.5 Å². The second-order valence-electron chi connectivity index (χ2n) is 4.95. The number of anilines is 1. The average Bonchev–Trinajstić information content (AvgIpc) is 3.30. The van der Waals surface area contributed by atoms with Crippen LogP contribution in [-0.4, -0.2) is 23.1 Å². The van der Waals surface area contributed by atoms with E-state index >= 15 is 0 Å². The predicted octanol–water partition coefficient (Wildman–Crippen LogP) is 3.68. The third-order valence-corrected chi connectivity index (χ3v) is 3.57. The maximum Gasteiger partial charge on any atom is 0.274 e. The first-order valence-corrected chi connectivity index (χ1v) is 7.56. The molecule has 0 radical (unpaired) electrons. The van der Waals surface area contributed by atoms with Crippen molar-refractivity contribution in [3.8, 4) is 0 Å². The standard InChI is InChI=1S/C16H14BrN3O/c17-12-6-7-18-15(9-12)16(21)20-14-3-1-2-11(8-14)10-19-13-4-5-13/h1-3,6-10,13H,4-5H2,(H,20,21)/b19-10+. The normalized spacial score (nSPS) is 14.3. The van der Waals surface area contributed by atoms with E-state index in [1.54, 1.807) is 18.3 Å². The van der Waals surface area contributed by atoms with E-state index in [1.165, 1.54) is 12.8 Å². The van der Waals surface area contributed by atoms with Gasteiger partial charge in [-0.25, -0.2) is 0 Å². The zero-order valence-electron chi connectivity index (χ0n) is 11.3. The molecule has 2 aromatic rings. The molecule has 1 aliphatic carbocycles. The monoisotopic (exact) mass is 343 g/mol.